The first-order chi connectivity index (χ1) is 7.65. The standard InChI is InChI=1S/C13H18ClNS/c1-9-2-5-11(6-3-9)16-13-8-10(14)4-7-12(13)15/h4,7-9,11H,2-3,5-6,15H2,1H3. The monoisotopic (exact) mass is 255 g/mol. The van der Waals surface area contributed by atoms with Gasteiger partial charge in [-0.2, -0.15) is 0 Å². The van der Waals surface area contributed by atoms with Crippen molar-refractivity contribution in [3.8, 4) is 0 Å². The summed E-state index contributed by atoms with van der Waals surface area (Å²) in [6, 6.07) is 5.74. The maximum Gasteiger partial charge on any atom is 0.0453 e. The lowest BCUT2D eigenvalue weighted by Crippen LogP contribution is -2.14. The van der Waals surface area contributed by atoms with E-state index in [1.54, 1.807) is 0 Å². The number of anilines is 1. The van der Waals surface area contributed by atoms with Crippen LogP contribution in [0.4, 0.5) is 5.69 Å². The highest BCUT2D eigenvalue weighted by Crippen LogP contribution is 2.38. The average molecular weight is 256 g/mol. The minimum atomic E-state index is 0.719. The van der Waals surface area contributed by atoms with Crippen LogP contribution in [0.15, 0.2) is 23.1 Å². The Labute approximate surface area is 107 Å². The van der Waals surface area contributed by atoms with Crippen LogP contribution in [0.1, 0.15) is 32.6 Å². The molecule has 0 atom stereocenters. The number of hydrogen-bond donors (Lipinski definition) is 1. The Morgan fingerprint density at radius 3 is 2.62 bits per heavy atom. The molecular weight excluding hydrogens is 238 g/mol. The van der Waals surface area contributed by atoms with E-state index in [0.717, 1.165) is 26.8 Å². The number of rotatable bonds is 2. The van der Waals surface area contributed by atoms with E-state index in [2.05, 4.69) is 6.92 Å². The topological polar surface area (TPSA) is 26.0 Å². The number of nitrogens with two attached hydrogens (primary N) is 1. The highest BCUT2D eigenvalue weighted by atomic mass is 35.5. The van der Waals surface area contributed by atoms with E-state index >= 15 is 0 Å². The quantitative estimate of drug-likeness (QED) is 0.782. The highest BCUT2D eigenvalue weighted by Gasteiger charge is 2.19. The maximum atomic E-state index is 5.99. The molecule has 1 aliphatic carbocycles. The van der Waals surface area contributed by atoms with Gasteiger partial charge in [0, 0.05) is 20.9 Å². The first-order valence-corrected chi connectivity index (χ1v) is 7.12. The Kier molecular flexibility index (Phi) is 4.04. The lowest BCUT2D eigenvalue weighted by atomic mass is 9.91. The fraction of sp³-hybridized carbons (Fsp3) is 0.538. The van der Waals surface area contributed by atoms with Gasteiger partial charge < -0.3 is 5.73 Å². The van der Waals surface area contributed by atoms with E-state index < -0.39 is 0 Å². The van der Waals surface area contributed by atoms with Gasteiger partial charge in [0.15, 0.2) is 0 Å². The van der Waals surface area contributed by atoms with Crippen LogP contribution in [0.2, 0.25) is 5.02 Å². The molecule has 0 saturated heterocycles. The molecule has 0 aliphatic heterocycles. The summed E-state index contributed by atoms with van der Waals surface area (Å²) >= 11 is 7.89. The first kappa shape index (κ1) is 12.1. The molecule has 16 heavy (non-hydrogen) atoms. The summed E-state index contributed by atoms with van der Waals surface area (Å²) in [6.07, 6.45) is 5.30. The van der Waals surface area contributed by atoms with Gasteiger partial charge in [0.25, 0.3) is 0 Å². The summed E-state index contributed by atoms with van der Waals surface area (Å²) in [4.78, 5) is 1.15. The zero-order valence-corrected chi connectivity index (χ0v) is 11.2. The van der Waals surface area contributed by atoms with Crippen LogP contribution >= 0.6 is 23.4 Å². The van der Waals surface area contributed by atoms with E-state index in [1.165, 1.54) is 25.7 Å². The zero-order valence-electron chi connectivity index (χ0n) is 9.58. The Hall–Kier alpha value is -0.340. The van der Waals surface area contributed by atoms with Crippen LogP contribution in [0.5, 0.6) is 0 Å². The largest absolute Gasteiger partial charge is 0.398 e. The van der Waals surface area contributed by atoms with Crippen molar-refractivity contribution >= 4 is 29.1 Å². The molecule has 88 valence electrons. The summed E-state index contributed by atoms with van der Waals surface area (Å²) in [5, 5.41) is 1.50. The van der Waals surface area contributed by atoms with Gasteiger partial charge >= 0.3 is 0 Å². The summed E-state index contributed by atoms with van der Waals surface area (Å²) in [7, 11) is 0. The number of thioether (sulfide) groups is 1. The Bertz CT molecular complexity index is 359. The molecule has 0 heterocycles. The number of hydrogen-bond acceptors (Lipinski definition) is 2. The Morgan fingerprint density at radius 2 is 1.94 bits per heavy atom. The van der Waals surface area contributed by atoms with Crippen LogP contribution in [0, 0.1) is 5.92 Å². The molecule has 0 radical (unpaired) electrons. The molecule has 1 nitrogen and oxygen atoms in total. The number of nitrogen functional groups attached to an aromatic ring is 1. The third-order valence-electron chi connectivity index (χ3n) is 3.23. The lowest BCUT2D eigenvalue weighted by Gasteiger charge is -2.26. The third-order valence-corrected chi connectivity index (χ3v) is 4.88. The van der Waals surface area contributed by atoms with Gasteiger partial charge in [0.2, 0.25) is 0 Å². The van der Waals surface area contributed by atoms with Gasteiger partial charge in [0.1, 0.15) is 0 Å². The van der Waals surface area contributed by atoms with Crippen molar-refractivity contribution in [1.82, 2.24) is 0 Å². The van der Waals surface area contributed by atoms with Crippen LogP contribution < -0.4 is 5.73 Å². The summed E-state index contributed by atoms with van der Waals surface area (Å²) in [5.74, 6) is 0.897. The van der Waals surface area contributed by atoms with Crippen molar-refractivity contribution in [2.45, 2.75) is 42.8 Å². The van der Waals surface area contributed by atoms with Crippen molar-refractivity contribution in [1.29, 1.82) is 0 Å². The molecule has 0 amide bonds. The van der Waals surface area contributed by atoms with Gasteiger partial charge in [-0.1, -0.05) is 18.5 Å². The molecule has 2 rings (SSSR count). The predicted molar refractivity (Wildman–Crippen MR) is 73.1 cm³/mol. The van der Waals surface area contributed by atoms with Gasteiger partial charge in [-0.3, -0.25) is 0 Å². The lowest BCUT2D eigenvalue weighted by molar-refractivity contribution is 0.393. The fourth-order valence-corrected chi connectivity index (χ4v) is 3.64. The highest BCUT2D eigenvalue weighted by molar-refractivity contribution is 8.00. The maximum absolute atomic E-state index is 5.99. The molecule has 0 bridgehead atoms. The summed E-state index contributed by atoms with van der Waals surface area (Å²) < 4.78 is 0. The van der Waals surface area contributed by atoms with Gasteiger partial charge in [-0.15, -0.1) is 11.8 Å². The smallest absolute Gasteiger partial charge is 0.0453 e. The van der Waals surface area contributed by atoms with E-state index in [1.807, 2.05) is 30.0 Å². The summed E-state index contributed by atoms with van der Waals surface area (Å²) in [5.41, 5.74) is 6.81. The van der Waals surface area contributed by atoms with Gasteiger partial charge in [-0.05, 0) is 49.8 Å². The van der Waals surface area contributed by atoms with E-state index in [9.17, 15) is 0 Å². The molecule has 3 heteroatoms. The first-order valence-electron chi connectivity index (χ1n) is 5.87. The van der Waals surface area contributed by atoms with Gasteiger partial charge in [-0.25, -0.2) is 0 Å². The molecule has 1 aromatic rings. The Balaban J connectivity index is 2.00. The molecular formula is C13H18ClNS. The predicted octanol–water partition coefficient (Wildman–Crippen LogP) is 4.59. The second-order valence-electron chi connectivity index (χ2n) is 4.68. The third kappa shape index (κ3) is 3.08. The van der Waals surface area contributed by atoms with Crippen LogP contribution in [0.3, 0.4) is 0 Å². The minimum Gasteiger partial charge on any atom is -0.398 e. The minimum absolute atomic E-state index is 0.719. The molecule has 1 fully saturated rings. The van der Waals surface area contributed by atoms with E-state index in [0.29, 0.717) is 0 Å². The SMILES string of the molecule is CC1CCC(Sc2cc(Cl)ccc2N)CC1. The van der Waals surface area contributed by atoms with Crippen molar-refractivity contribution in [2.24, 2.45) is 5.92 Å². The number of benzene rings is 1. The summed E-state index contributed by atoms with van der Waals surface area (Å²) in [6.45, 7) is 2.34. The van der Waals surface area contributed by atoms with Crippen LogP contribution in [0.25, 0.3) is 0 Å². The molecule has 0 aromatic heterocycles. The molecule has 2 N–H and O–H groups in total. The Morgan fingerprint density at radius 1 is 1.25 bits per heavy atom. The second kappa shape index (κ2) is 5.33. The number of halogens is 1. The normalized spacial score (nSPS) is 25.6. The fourth-order valence-electron chi connectivity index (χ4n) is 2.14. The second-order valence-corrected chi connectivity index (χ2v) is 6.46. The van der Waals surface area contributed by atoms with Crippen LogP contribution in [-0.4, -0.2) is 5.25 Å². The molecule has 1 aliphatic rings. The molecule has 1 saturated carbocycles. The molecule has 0 unspecified atom stereocenters. The van der Waals surface area contributed by atoms with Gasteiger partial charge in [0.05, 0.1) is 0 Å². The van der Waals surface area contributed by atoms with Crippen molar-refractivity contribution < 1.29 is 0 Å². The van der Waals surface area contributed by atoms with Crippen molar-refractivity contribution in [3.05, 3.63) is 23.2 Å². The molecule has 1 aromatic carbocycles. The van der Waals surface area contributed by atoms with E-state index in [4.69, 9.17) is 17.3 Å². The zero-order chi connectivity index (χ0) is 11.5. The van der Waals surface area contributed by atoms with Crippen molar-refractivity contribution in [2.75, 3.05) is 5.73 Å². The van der Waals surface area contributed by atoms with E-state index in [-0.39, 0.29) is 0 Å². The molecule has 0 spiro atoms. The van der Waals surface area contributed by atoms with Crippen LogP contribution in [-0.2, 0) is 0 Å². The van der Waals surface area contributed by atoms with Crippen molar-refractivity contribution in [3.63, 3.8) is 0 Å². The average Bonchev–Trinajstić information content (AvgIpc) is 2.27.